The summed E-state index contributed by atoms with van der Waals surface area (Å²) in [6.45, 7) is 0.327. The van der Waals surface area contributed by atoms with Crippen LogP contribution in [0.2, 0.25) is 0 Å². The van der Waals surface area contributed by atoms with Crippen molar-refractivity contribution in [2.45, 2.75) is 51.4 Å². The molecule has 3 heteroatoms. The Morgan fingerprint density at radius 3 is 2.19 bits per heavy atom. The average Bonchev–Trinajstić information content (AvgIpc) is 2.31. The van der Waals surface area contributed by atoms with E-state index in [2.05, 4.69) is 0 Å². The molecule has 0 N–H and O–H groups in total. The molecule has 0 spiro atoms. The number of carbonyl (C=O) groups is 1. The first kappa shape index (κ1) is 15.2. The first-order valence-electron chi connectivity index (χ1n) is 6.11. The van der Waals surface area contributed by atoms with Gasteiger partial charge in [0, 0.05) is 13.5 Å². The van der Waals surface area contributed by atoms with Crippen LogP contribution in [0.3, 0.4) is 0 Å². The minimum atomic E-state index is 0.327. The third kappa shape index (κ3) is 13.2. The van der Waals surface area contributed by atoms with Crippen LogP contribution < -0.4 is 0 Å². The lowest BCUT2D eigenvalue weighted by molar-refractivity contribution is -0.107. The number of unbranched alkanes of at least 4 members (excludes halogenated alkanes) is 7. The minimum Gasteiger partial charge on any atom is -0.476 e. The molecule has 0 aromatic heterocycles. The highest BCUT2D eigenvalue weighted by atomic mass is 16.7. The van der Waals surface area contributed by atoms with E-state index < -0.39 is 0 Å². The molecule has 0 aliphatic rings. The van der Waals surface area contributed by atoms with Crippen LogP contribution in [0.4, 0.5) is 0 Å². The van der Waals surface area contributed by atoms with Gasteiger partial charge in [-0.3, -0.25) is 0 Å². The molecule has 0 aliphatic carbocycles. The van der Waals surface area contributed by atoms with E-state index in [1.54, 1.807) is 13.4 Å². The predicted octanol–water partition coefficient (Wildman–Crippen LogP) is 3.44. The molecule has 16 heavy (non-hydrogen) atoms. The molecule has 0 fully saturated rings. The van der Waals surface area contributed by atoms with E-state index in [-0.39, 0.29) is 0 Å². The molecule has 0 atom stereocenters. The molecular formula is C13H24O3. The Labute approximate surface area is 98.8 Å². The van der Waals surface area contributed by atoms with Crippen LogP contribution in [-0.2, 0) is 14.3 Å². The fourth-order valence-corrected chi connectivity index (χ4v) is 1.44. The molecule has 0 saturated carbocycles. The van der Waals surface area contributed by atoms with E-state index in [0.717, 1.165) is 25.5 Å². The summed E-state index contributed by atoms with van der Waals surface area (Å²) in [4.78, 5) is 10.1. The highest BCUT2D eigenvalue weighted by molar-refractivity contribution is 5.48. The molecular weight excluding hydrogens is 204 g/mol. The Balaban J connectivity index is 2.98. The Hall–Kier alpha value is -0.830. The lowest BCUT2D eigenvalue weighted by Crippen LogP contribution is -1.87. The number of rotatable bonds is 12. The molecule has 0 heterocycles. The maximum absolute atomic E-state index is 10.1. The summed E-state index contributed by atoms with van der Waals surface area (Å²) in [5.41, 5.74) is 0. The number of hydrogen-bond donors (Lipinski definition) is 0. The van der Waals surface area contributed by atoms with Crippen molar-refractivity contribution in [2.75, 3.05) is 13.9 Å². The third-order valence-corrected chi connectivity index (χ3v) is 2.32. The van der Waals surface area contributed by atoms with Crippen molar-refractivity contribution in [2.24, 2.45) is 0 Å². The monoisotopic (exact) mass is 228 g/mol. The SMILES string of the molecule is COCOC=CCCCCCCCCC=O. The summed E-state index contributed by atoms with van der Waals surface area (Å²) in [5, 5.41) is 0. The van der Waals surface area contributed by atoms with Gasteiger partial charge in [-0.25, -0.2) is 0 Å². The van der Waals surface area contributed by atoms with Crippen molar-refractivity contribution >= 4 is 6.29 Å². The topological polar surface area (TPSA) is 35.5 Å². The molecule has 0 aliphatic heterocycles. The molecule has 0 aromatic rings. The van der Waals surface area contributed by atoms with E-state index in [1.165, 1.54) is 32.1 Å². The molecule has 0 amide bonds. The summed E-state index contributed by atoms with van der Waals surface area (Å²) in [5.74, 6) is 0. The first-order valence-corrected chi connectivity index (χ1v) is 6.11. The predicted molar refractivity (Wildman–Crippen MR) is 65.1 cm³/mol. The van der Waals surface area contributed by atoms with Gasteiger partial charge in [0.2, 0.25) is 0 Å². The maximum atomic E-state index is 10.1. The molecule has 0 rings (SSSR count). The minimum absolute atomic E-state index is 0.327. The highest BCUT2D eigenvalue weighted by Gasteiger charge is 1.90. The van der Waals surface area contributed by atoms with Crippen molar-refractivity contribution in [3.8, 4) is 0 Å². The van der Waals surface area contributed by atoms with Gasteiger partial charge >= 0.3 is 0 Å². The summed E-state index contributed by atoms with van der Waals surface area (Å²) in [6, 6.07) is 0. The van der Waals surface area contributed by atoms with Gasteiger partial charge in [-0.2, -0.15) is 0 Å². The highest BCUT2D eigenvalue weighted by Crippen LogP contribution is 2.08. The van der Waals surface area contributed by atoms with Crippen LogP contribution in [0, 0.1) is 0 Å². The van der Waals surface area contributed by atoms with E-state index in [0.29, 0.717) is 6.79 Å². The van der Waals surface area contributed by atoms with Crippen LogP contribution in [0.25, 0.3) is 0 Å². The standard InChI is InChI=1S/C13H24O3/c1-15-13-16-12-10-8-6-4-2-3-5-7-9-11-14/h10-12H,2-9,13H2,1H3. The molecule has 0 aromatic carbocycles. The van der Waals surface area contributed by atoms with E-state index >= 15 is 0 Å². The molecule has 0 radical (unpaired) electrons. The second kappa shape index (κ2) is 14.2. The largest absolute Gasteiger partial charge is 0.476 e. The van der Waals surface area contributed by atoms with E-state index in [4.69, 9.17) is 9.47 Å². The van der Waals surface area contributed by atoms with Gasteiger partial charge in [-0.15, -0.1) is 0 Å². The zero-order valence-corrected chi connectivity index (χ0v) is 10.3. The van der Waals surface area contributed by atoms with Gasteiger partial charge in [0.15, 0.2) is 6.79 Å². The third-order valence-electron chi connectivity index (χ3n) is 2.32. The molecule has 3 nitrogen and oxygen atoms in total. The van der Waals surface area contributed by atoms with Gasteiger partial charge in [0.25, 0.3) is 0 Å². The molecule has 0 unspecified atom stereocenters. The number of methoxy groups -OCH3 is 1. The summed E-state index contributed by atoms with van der Waals surface area (Å²) < 4.78 is 9.75. The van der Waals surface area contributed by atoms with Crippen molar-refractivity contribution in [3.63, 3.8) is 0 Å². The fraction of sp³-hybridized carbons (Fsp3) is 0.769. The Bertz CT molecular complexity index is 167. The number of carbonyl (C=O) groups excluding carboxylic acids is 1. The normalized spacial score (nSPS) is 10.8. The van der Waals surface area contributed by atoms with Crippen LogP contribution in [-0.4, -0.2) is 20.2 Å². The average molecular weight is 228 g/mol. The zero-order chi connectivity index (χ0) is 11.9. The van der Waals surface area contributed by atoms with Crippen molar-refractivity contribution in [1.29, 1.82) is 0 Å². The smallest absolute Gasteiger partial charge is 0.187 e. The summed E-state index contributed by atoms with van der Waals surface area (Å²) in [6.07, 6.45) is 13.8. The lowest BCUT2D eigenvalue weighted by Gasteiger charge is -1.99. The number of hydrogen-bond acceptors (Lipinski definition) is 3. The lowest BCUT2D eigenvalue weighted by atomic mass is 10.1. The Kier molecular flexibility index (Phi) is 13.4. The van der Waals surface area contributed by atoms with Crippen LogP contribution in [0.5, 0.6) is 0 Å². The molecule has 0 saturated heterocycles. The first-order chi connectivity index (χ1) is 7.91. The molecule has 0 bridgehead atoms. The van der Waals surface area contributed by atoms with Gasteiger partial charge in [0.1, 0.15) is 6.29 Å². The van der Waals surface area contributed by atoms with Crippen LogP contribution >= 0.6 is 0 Å². The van der Waals surface area contributed by atoms with Crippen molar-refractivity contribution < 1.29 is 14.3 Å². The van der Waals surface area contributed by atoms with E-state index in [1.807, 2.05) is 6.08 Å². The van der Waals surface area contributed by atoms with Gasteiger partial charge in [-0.05, 0) is 25.3 Å². The Morgan fingerprint density at radius 2 is 1.56 bits per heavy atom. The Morgan fingerprint density at radius 1 is 0.938 bits per heavy atom. The number of ether oxygens (including phenoxy) is 2. The van der Waals surface area contributed by atoms with Crippen LogP contribution in [0.1, 0.15) is 51.4 Å². The summed E-state index contributed by atoms with van der Waals surface area (Å²) in [7, 11) is 1.61. The zero-order valence-electron chi connectivity index (χ0n) is 10.3. The fourth-order valence-electron chi connectivity index (χ4n) is 1.44. The quantitative estimate of drug-likeness (QED) is 0.222. The maximum Gasteiger partial charge on any atom is 0.187 e. The second-order valence-electron chi connectivity index (χ2n) is 3.81. The summed E-state index contributed by atoms with van der Waals surface area (Å²) >= 11 is 0. The van der Waals surface area contributed by atoms with E-state index in [9.17, 15) is 4.79 Å². The number of allylic oxidation sites excluding steroid dienone is 1. The van der Waals surface area contributed by atoms with Gasteiger partial charge < -0.3 is 14.3 Å². The van der Waals surface area contributed by atoms with Crippen molar-refractivity contribution in [1.82, 2.24) is 0 Å². The second-order valence-corrected chi connectivity index (χ2v) is 3.81. The van der Waals surface area contributed by atoms with Crippen LogP contribution in [0.15, 0.2) is 12.3 Å². The molecule has 94 valence electrons. The van der Waals surface area contributed by atoms with Gasteiger partial charge in [0.05, 0.1) is 6.26 Å². The van der Waals surface area contributed by atoms with Crippen molar-refractivity contribution in [3.05, 3.63) is 12.3 Å². The van der Waals surface area contributed by atoms with Gasteiger partial charge in [-0.1, -0.05) is 25.7 Å². The number of aldehydes is 1.